The van der Waals surface area contributed by atoms with Crippen LogP contribution in [0.5, 0.6) is 0 Å². The van der Waals surface area contributed by atoms with E-state index >= 15 is 0 Å². The first-order chi connectivity index (χ1) is 17.5. The van der Waals surface area contributed by atoms with Crippen LogP contribution in [-0.4, -0.2) is 36.1 Å². The average molecular weight is 525 g/mol. The summed E-state index contributed by atoms with van der Waals surface area (Å²) in [4.78, 5) is 48.7. The molecule has 2 fully saturated rings. The number of carbonyl (C=O) groups is 3. The molecule has 3 aliphatic rings. The van der Waals surface area contributed by atoms with Crippen LogP contribution in [-0.2, 0) is 20.7 Å². The number of rotatable bonds is 4. The van der Waals surface area contributed by atoms with Gasteiger partial charge in [0.25, 0.3) is 0 Å². The van der Waals surface area contributed by atoms with Crippen molar-refractivity contribution in [3.05, 3.63) is 80.8 Å². The number of nitrogens with one attached hydrogen (secondary N) is 1. The van der Waals surface area contributed by atoms with Crippen molar-refractivity contribution in [1.29, 1.82) is 0 Å². The van der Waals surface area contributed by atoms with Crippen molar-refractivity contribution in [2.24, 2.45) is 17.8 Å². The highest BCUT2D eigenvalue weighted by Crippen LogP contribution is 2.58. The Bertz CT molecular complexity index is 1170. The summed E-state index contributed by atoms with van der Waals surface area (Å²) in [6.07, 6.45) is 6.25. The maximum atomic E-state index is 11.3. The number of fused-ring (bicyclic) bond motifs is 6. The molecule has 0 unspecified atom stereocenters. The number of carbonyl (C=O) groups excluding carboxylic acids is 3. The van der Waals surface area contributed by atoms with E-state index in [1.807, 2.05) is 48.2 Å². The molecule has 2 bridgehead atoms. The fourth-order valence-electron chi connectivity index (χ4n) is 5.19. The highest BCUT2D eigenvalue weighted by molar-refractivity contribution is 8.00. The molecular weight excluding hydrogens is 496 g/mol. The summed E-state index contributed by atoms with van der Waals surface area (Å²) in [6, 6.07) is 18.0. The number of hydrogen-bond acceptors (Lipinski definition) is 7. The Morgan fingerprint density at radius 2 is 1.69 bits per heavy atom. The number of imide groups is 1. The Labute approximate surface area is 217 Å². The fraction of sp³-hybridized carbons (Fsp3) is 0.333. The number of ether oxygens (including phenoxy) is 1. The Balaban J connectivity index is 0.000000138. The van der Waals surface area contributed by atoms with Gasteiger partial charge >= 0.3 is 10.8 Å². The van der Waals surface area contributed by atoms with E-state index < -0.39 is 5.97 Å². The molecule has 3 aromatic rings. The molecule has 4 atom stereocenters. The van der Waals surface area contributed by atoms with Gasteiger partial charge in [0.1, 0.15) is 0 Å². The van der Waals surface area contributed by atoms with Crippen molar-refractivity contribution in [1.82, 2.24) is 4.98 Å². The van der Waals surface area contributed by atoms with Gasteiger partial charge in [-0.05, 0) is 61.6 Å². The molecule has 2 aliphatic carbocycles. The van der Waals surface area contributed by atoms with Crippen LogP contribution in [0.25, 0.3) is 0 Å². The SMILES string of the molecule is COC(=O)c1cccc(N(C=O)C=O)c1.O=c1[nH]c2c(s1)C[C@@H]1[C@H]3CC[C@H](C3)[C@@H]1S2.c1ccccc1. The van der Waals surface area contributed by atoms with Crippen molar-refractivity contribution in [2.75, 3.05) is 12.0 Å². The zero-order chi connectivity index (χ0) is 25.5. The fourth-order valence-corrected chi connectivity index (χ4v) is 7.89. The van der Waals surface area contributed by atoms with Gasteiger partial charge in [-0.1, -0.05) is 53.8 Å². The van der Waals surface area contributed by atoms with E-state index in [0.717, 1.165) is 27.9 Å². The topological polar surface area (TPSA) is 96.5 Å². The Morgan fingerprint density at radius 1 is 1.03 bits per heavy atom. The van der Waals surface area contributed by atoms with E-state index in [2.05, 4.69) is 9.72 Å². The molecule has 7 nitrogen and oxygen atoms in total. The van der Waals surface area contributed by atoms with Crippen LogP contribution in [0, 0.1) is 17.8 Å². The first-order valence-corrected chi connectivity index (χ1v) is 13.5. The Hall–Kier alpha value is -3.17. The number of H-pyrrole nitrogens is 1. The molecule has 2 saturated carbocycles. The van der Waals surface area contributed by atoms with Crippen LogP contribution in [0.4, 0.5) is 5.69 Å². The molecule has 9 heteroatoms. The summed E-state index contributed by atoms with van der Waals surface area (Å²) in [6.45, 7) is 0. The number of aromatic nitrogens is 1. The van der Waals surface area contributed by atoms with Crippen molar-refractivity contribution in [3.63, 3.8) is 0 Å². The number of hydrogen-bond donors (Lipinski definition) is 1. The molecule has 2 amide bonds. The van der Waals surface area contributed by atoms with Crippen molar-refractivity contribution >= 4 is 47.6 Å². The minimum atomic E-state index is -0.520. The molecule has 2 aromatic carbocycles. The minimum absolute atomic E-state index is 0.139. The third kappa shape index (κ3) is 5.96. The van der Waals surface area contributed by atoms with Crippen LogP contribution in [0.15, 0.2) is 70.5 Å². The number of methoxy groups -OCH3 is 1. The van der Waals surface area contributed by atoms with E-state index in [-0.39, 0.29) is 10.4 Å². The van der Waals surface area contributed by atoms with Crippen LogP contribution < -0.4 is 9.77 Å². The smallest absolute Gasteiger partial charge is 0.337 e. The number of amides is 2. The molecule has 188 valence electrons. The van der Waals surface area contributed by atoms with Gasteiger partial charge in [0.05, 0.1) is 23.4 Å². The van der Waals surface area contributed by atoms with Gasteiger partial charge in [-0.3, -0.25) is 19.3 Å². The highest BCUT2D eigenvalue weighted by Gasteiger charge is 2.50. The third-order valence-corrected chi connectivity index (χ3v) is 9.45. The van der Waals surface area contributed by atoms with Gasteiger partial charge in [-0.25, -0.2) is 4.79 Å². The predicted octanol–water partition coefficient (Wildman–Crippen LogP) is 4.78. The van der Waals surface area contributed by atoms with Gasteiger partial charge < -0.3 is 9.72 Å². The van der Waals surface area contributed by atoms with Crippen molar-refractivity contribution in [2.45, 2.75) is 36.0 Å². The second-order valence-corrected chi connectivity index (χ2v) is 11.1. The zero-order valence-electron chi connectivity index (χ0n) is 19.9. The zero-order valence-corrected chi connectivity index (χ0v) is 21.5. The van der Waals surface area contributed by atoms with Crippen molar-refractivity contribution in [3.8, 4) is 0 Å². The number of aromatic amines is 1. The molecule has 0 radical (unpaired) electrons. The largest absolute Gasteiger partial charge is 0.465 e. The molecule has 1 aliphatic heterocycles. The number of nitrogens with zero attached hydrogens (tertiary/aromatic N) is 1. The number of esters is 1. The lowest BCUT2D eigenvalue weighted by molar-refractivity contribution is -0.114. The Morgan fingerprint density at radius 3 is 2.33 bits per heavy atom. The Kier molecular flexibility index (Phi) is 8.77. The lowest BCUT2D eigenvalue weighted by Crippen LogP contribution is -2.29. The molecule has 2 heterocycles. The third-order valence-electron chi connectivity index (χ3n) is 6.82. The van der Waals surface area contributed by atoms with E-state index in [0.29, 0.717) is 18.5 Å². The standard InChI is InChI=1S/C11H13NOS2.C10H9NO4.C6H6/c13-11-12-10-8(14-11)4-7-5-1-2-6(3-5)9(7)15-10;1-15-10(14)8-3-2-4-9(5-8)11(6-12)7-13;1-2-4-6-5-3-1/h5-7,9H,1-4H2,(H,12,13);2-7H,1H3;1-6H/t5-,6+,7+,9-;;/m0../s1. The number of thioether (sulfide) groups is 1. The predicted molar refractivity (Wildman–Crippen MR) is 141 cm³/mol. The maximum Gasteiger partial charge on any atom is 0.337 e. The lowest BCUT2D eigenvalue weighted by atomic mass is 9.85. The number of thiazole rings is 1. The van der Waals surface area contributed by atoms with Gasteiger partial charge in [0, 0.05) is 10.1 Å². The molecule has 0 saturated heterocycles. The van der Waals surface area contributed by atoms with Crippen LogP contribution >= 0.6 is 23.1 Å². The quantitative estimate of drug-likeness (QED) is 0.390. The molecule has 6 rings (SSSR count). The second-order valence-electron chi connectivity index (χ2n) is 8.87. The van der Waals surface area contributed by atoms with Gasteiger partial charge in [0.2, 0.25) is 12.8 Å². The van der Waals surface area contributed by atoms with Crippen LogP contribution in [0.3, 0.4) is 0 Å². The van der Waals surface area contributed by atoms with E-state index in [1.54, 1.807) is 6.07 Å². The summed E-state index contributed by atoms with van der Waals surface area (Å²) < 4.78 is 4.50. The summed E-state index contributed by atoms with van der Waals surface area (Å²) in [5.41, 5.74) is 0.603. The molecular formula is C27H28N2O5S2. The number of anilines is 1. The summed E-state index contributed by atoms with van der Waals surface area (Å²) in [5, 5.41) is 2.01. The average Bonchev–Trinajstić information content (AvgIpc) is 3.64. The van der Waals surface area contributed by atoms with Gasteiger partial charge in [0.15, 0.2) is 0 Å². The van der Waals surface area contributed by atoms with Gasteiger partial charge in [-0.2, -0.15) is 0 Å². The summed E-state index contributed by atoms with van der Waals surface area (Å²) in [5.74, 6) is 2.28. The van der Waals surface area contributed by atoms with Crippen molar-refractivity contribution < 1.29 is 19.1 Å². The maximum absolute atomic E-state index is 11.3. The molecule has 0 spiro atoms. The second kappa shape index (κ2) is 12.2. The molecule has 1 aromatic heterocycles. The first kappa shape index (κ1) is 25.9. The lowest BCUT2D eigenvalue weighted by Gasteiger charge is -2.33. The minimum Gasteiger partial charge on any atom is -0.465 e. The van der Waals surface area contributed by atoms with E-state index in [9.17, 15) is 19.2 Å². The summed E-state index contributed by atoms with van der Waals surface area (Å²) in [7, 11) is 1.26. The summed E-state index contributed by atoms with van der Waals surface area (Å²) >= 11 is 3.40. The molecule has 36 heavy (non-hydrogen) atoms. The van der Waals surface area contributed by atoms with Crippen LogP contribution in [0.2, 0.25) is 0 Å². The van der Waals surface area contributed by atoms with E-state index in [4.69, 9.17) is 0 Å². The highest BCUT2D eigenvalue weighted by atomic mass is 32.2. The van der Waals surface area contributed by atoms with Gasteiger partial charge in [-0.15, -0.1) is 11.8 Å². The van der Waals surface area contributed by atoms with Crippen LogP contribution in [0.1, 0.15) is 34.5 Å². The number of benzene rings is 2. The normalized spacial score (nSPS) is 22.5. The monoisotopic (exact) mass is 524 g/mol. The molecule has 1 N–H and O–H groups in total. The first-order valence-electron chi connectivity index (χ1n) is 11.8. The van der Waals surface area contributed by atoms with E-state index in [1.165, 1.54) is 72.2 Å².